The third kappa shape index (κ3) is 4.13. The van der Waals surface area contributed by atoms with Crippen LogP contribution in [-0.2, 0) is 9.84 Å². The van der Waals surface area contributed by atoms with Crippen LogP contribution < -0.4 is 10.1 Å². The summed E-state index contributed by atoms with van der Waals surface area (Å²) in [7, 11) is -3.14. The highest BCUT2D eigenvalue weighted by Crippen LogP contribution is 2.24. The quantitative estimate of drug-likeness (QED) is 0.915. The highest BCUT2D eigenvalue weighted by molar-refractivity contribution is 7.91. The van der Waals surface area contributed by atoms with Gasteiger partial charge in [0.15, 0.2) is 9.84 Å². The van der Waals surface area contributed by atoms with Gasteiger partial charge in [0.1, 0.15) is 5.75 Å². The van der Waals surface area contributed by atoms with E-state index < -0.39 is 27.9 Å². The number of ether oxygens (including phenoxy) is 1. The van der Waals surface area contributed by atoms with Gasteiger partial charge in [0, 0.05) is 5.56 Å². The van der Waals surface area contributed by atoms with Crippen molar-refractivity contribution in [1.29, 1.82) is 0 Å². The Morgan fingerprint density at radius 1 is 1.43 bits per heavy atom. The second kappa shape index (κ2) is 5.59. The number of alkyl halides is 2. The number of halogens is 2. The van der Waals surface area contributed by atoms with E-state index in [-0.39, 0.29) is 22.8 Å². The molecule has 1 aliphatic heterocycles. The first-order valence-corrected chi connectivity index (χ1v) is 8.09. The zero-order valence-corrected chi connectivity index (χ0v) is 12.1. The van der Waals surface area contributed by atoms with Gasteiger partial charge in [-0.05, 0) is 31.5 Å². The molecule has 1 N–H and O–H groups in total. The van der Waals surface area contributed by atoms with E-state index >= 15 is 0 Å². The number of nitrogens with one attached hydrogen (secondary N) is 1. The molecule has 0 aromatic heterocycles. The summed E-state index contributed by atoms with van der Waals surface area (Å²) in [6.45, 7) is -1.32. The van der Waals surface area contributed by atoms with E-state index in [0.717, 1.165) is 0 Å². The Morgan fingerprint density at radius 2 is 2.14 bits per heavy atom. The maximum absolute atomic E-state index is 12.1. The maximum Gasteiger partial charge on any atom is 0.387 e. The molecule has 1 atom stereocenters. The molecule has 8 heteroatoms. The van der Waals surface area contributed by atoms with Crippen molar-refractivity contribution < 1.29 is 26.7 Å². The fraction of sp³-hybridized carbons (Fsp3) is 0.462. The minimum Gasteiger partial charge on any atom is -0.435 e. The molecule has 116 valence electrons. The number of carbonyl (C=O) groups excluding carboxylic acids is 1. The lowest BCUT2D eigenvalue weighted by Gasteiger charge is -2.24. The van der Waals surface area contributed by atoms with E-state index in [1.165, 1.54) is 24.3 Å². The van der Waals surface area contributed by atoms with Gasteiger partial charge in [0.05, 0.1) is 17.0 Å². The van der Waals surface area contributed by atoms with E-state index in [0.29, 0.717) is 6.42 Å². The molecule has 21 heavy (non-hydrogen) atoms. The molecule has 1 aromatic rings. The number of benzene rings is 1. The van der Waals surface area contributed by atoms with Crippen molar-refractivity contribution in [2.24, 2.45) is 0 Å². The average molecular weight is 319 g/mol. The second-order valence-corrected chi connectivity index (χ2v) is 7.45. The highest BCUT2D eigenvalue weighted by Gasteiger charge is 2.39. The Balaban J connectivity index is 2.10. The number of hydrogen-bond acceptors (Lipinski definition) is 4. The van der Waals surface area contributed by atoms with Crippen molar-refractivity contribution in [2.75, 3.05) is 11.5 Å². The molecule has 0 radical (unpaired) electrons. The normalized spacial score (nSPS) is 24.0. The topological polar surface area (TPSA) is 72.5 Å². The molecule has 0 spiro atoms. The zero-order valence-electron chi connectivity index (χ0n) is 11.3. The minimum atomic E-state index is -3.14. The molecule has 2 rings (SSSR count). The number of carbonyl (C=O) groups is 1. The van der Waals surface area contributed by atoms with Crippen LogP contribution in [0.3, 0.4) is 0 Å². The summed E-state index contributed by atoms with van der Waals surface area (Å²) < 4.78 is 51.5. The first kappa shape index (κ1) is 15.7. The number of sulfone groups is 1. The van der Waals surface area contributed by atoms with Gasteiger partial charge in [-0.1, -0.05) is 6.07 Å². The van der Waals surface area contributed by atoms with Gasteiger partial charge in [-0.15, -0.1) is 0 Å². The molecule has 0 saturated carbocycles. The van der Waals surface area contributed by atoms with E-state index in [9.17, 15) is 22.0 Å². The lowest BCUT2D eigenvalue weighted by molar-refractivity contribution is -0.0498. The Kier molecular flexibility index (Phi) is 4.18. The van der Waals surface area contributed by atoms with Gasteiger partial charge >= 0.3 is 6.61 Å². The molecule has 1 amide bonds. The van der Waals surface area contributed by atoms with Gasteiger partial charge in [0.2, 0.25) is 0 Å². The van der Waals surface area contributed by atoms with Crippen LogP contribution in [0, 0.1) is 0 Å². The van der Waals surface area contributed by atoms with Crippen LogP contribution in [0.4, 0.5) is 8.78 Å². The smallest absolute Gasteiger partial charge is 0.387 e. The third-order valence-corrected chi connectivity index (χ3v) is 5.14. The first-order valence-electron chi connectivity index (χ1n) is 6.27. The van der Waals surface area contributed by atoms with Crippen molar-refractivity contribution in [3.63, 3.8) is 0 Å². The van der Waals surface area contributed by atoms with Crippen molar-refractivity contribution in [3.05, 3.63) is 29.8 Å². The summed E-state index contributed by atoms with van der Waals surface area (Å²) in [6.07, 6.45) is 0.328. The van der Waals surface area contributed by atoms with Crippen molar-refractivity contribution in [2.45, 2.75) is 25.5 Å². The van der Waals surface area contributed by atoms with Crippen molar-refractivity contribution in [3.8, 4) is 5.75 Å². The fourth-order valence-corrected chi connectivity index (χ4v) is 4.36. The summed E-state index contributed by atoms with van der Waals surface area (Å²) >= 11 is 0. The molecule has 0 bridgehead atoms. The van der Waals surface area contributed by atoms with E-state index in [1.54, 1.807) is 6.92 Å². The highest BCUT2D eigenvalue weighted by atomic mass is 32.2. The van der Waals surface area contributed by atoms with Crippen LogP contribution in [0.25, 0.3) is 0 Å². The van der Waals surface area contributed by atoms with Crippen molar-refractivity contribution in [1.82, 2.24) is 5.32 Å². The Hall–Kier alpha value is -1.70. The van der Waals surface area contributed by atoms with Crippen LogP contribution in [0.2, 0.25) is 0 Å². The van der Waals surface area contributed by atoms with Gasteiger partial charge in [-0.3, -0.25) is 4.79 Å². The molecular weight excluding hydrogens is 304 g/mol. The third-order valence-electron chi connectivity index (χ3n) is 3.24. The summed E-state index contributed by atoms with van der Waals surface area (Å²) in [4.78, 5) is 12.1. The molecule has 5 nitrogen and oxygen atoms in total. The summed E-state index contributed by atoms with van der Waals surface area (Å²) in [5.41, 5.74) is -0.700. The number of hydrogen-bond donors (Lipinski definition) is 1. The van der Waals surface area contributed by atoms with Crippen LogP contribution >= 0.6 is 0 Å². The zero-order chi connectivity index (χ0) is 15.7. The van der Waals surface area contributed by atoms with Crippen LogP contribution in [0.5, 0.6) is 5.75 Å². The average Bonchev–Trinajstić information content (AvgIpc) is 2.62. The predicted molar refractivity (Wildman–Crippen MR) is 72.2 cm³/mol. The molecule has 1 fully saturated rings. The van der Waals surface area contributed by atoms with E-state index in [1.807, 2.05) is 0 Å². The molecule has 1 unspecified atom stereocenters. The summed E-state index contributed by atoms with van der Waals surface area (Å²) in [5, 5.41) is 2.65. The summed E-state index contributed by atoms with van der Waals surface area (Å²) in [5.74, 6) is -0.742. The second-order valence-electron chi connectivity index (χ2n) is 5.26. The van der Waals surface area contributed by atoms with E-state index in [2.05, 4.69) is 10.1 Å². The van der Waals surface area contributed by atoms with Gasteiger partial charge in [-0.2, -0.15) is 8.78 Å². The predicted octanol–water partition coefficient (Wildman–Crippen LogP) is 1.60. The molecule has 1 aromatic carbocycles. The largest absolute Gasteiger partial charge is 0.435 e. The molecule has 1 saturated heterocycles. The molecule has 0 aliphatic carbocycles. The Morgan fingerprint density at radius 3 is 2.71 bits per heavy atom. The first-order chi connectivity index (χ1) is 9.69. The van der Waals surface area contributed by atoms with Crippen LogP contribution in [0.1, 0.15) is 23.7 Å². The molecule has 1 aliphatic rings. The SMILES string of the molecule is CC1(NC(=O)c2cccc(OC(F)F)c2)CCS(=O)(=O)C1. The monoisotopic (exact) mass is 319 g/mol. The van der Waals surface area contributed by atoms with Crippen LogP contribution in [-0.4, -0.2) is 38.0 Å². The summed E-state index contributed by atoms with van der Waals surface area (Å²) in [6, 6.07) is 5.36. The van der Waals surface area contributed by atoms with E-state index in [4.69, 9.17) is 0 Å². The number of amides is 1. The number of rotatable bonds is 4. The lowest BCUT2D eigenvalue weighted by Crippen LogP contribution is -2.46. The maximum atomic E-state index is 12.1. The van der Waals surface area contributed by atoms with Crippen LogP contribution in [0.15, 0.2) is 24.3 Å². The van der Waals surface area contributed by atoms with Gasteiger partial charge in [0.25, 0.3) is 5.91 Å². The fourth-order valence-electron chi connectivity index (χ4n) is 2.27. The Labute approximate surface area is 121 Å². The Bertz CT molecular complexity index is 647. The van der Waals surface area contributed by atoms with Gasteiger partial charge in [-0.25, -0.2) is 8.42 Å². The molecule has 1 heterocycles. The molecular formula is C13H15F2NO4S. The van der Waals surface area contributed by atoms with Gasteiger partial charge < -0.3 is 10.1 Å². The van der Waals surface area contributed by atoms with Crippen molar-refractivity contribution >= 4 is 15.7 Å². The minimum absolute atomic E-state index is 0.0261. The standard InChI is InChI=1S/C13H15F2NO4S/c1-13(5-6-21(18,19)8-13)16-11(17)9-3-2-4-10(7-9)20-12(14)15/h2-4,7,12H,5-6,8H2,1H3,(H,16,17). The lowest BCUT2D eigenvalue weighted by atomic mass is 10.0.